The van der Waals surface area contributed by atoms with Gasteiger partial charge in [-0.3, -0.25) is 0 Å². The van der Waals surface area contributed by atoms with Gasteiger partial charge in [0.15, 0.2) is 0 Å². The summed E-state index contributed by atoms with van der Waals surface area (Å²) in [5.41, 5.74) is 11.3. The first kappa shape index (κ1) is 18.1. The molecule has 0 aliphatic heterocycles. The molecule has 2 aromatic rings. The molecule has 0 bridgehead atoms. The molecule has 0 saturated heterocycles. The summed E-state index contributed by atoms with van der Waals surface area (Å²) in [6.07, 6.45) is 1.51. The Morgan fingerprint density at radius 2 is 2.00 bits per heavy atom. The third-order valence-corrected chi connectivity index (χ3v) is 3.42. The van der Waals surface area contributed by atoms with Crippen LogP contribution >= 0.6 is 0 Å². The Hall–Kier alpha value is -3.24. The molecule has 6 nitrogen and oxygen atoms in total. The third-order valence-electron chi connectivity index (χ3n) is 3.42. The molecular weight excluding hydrogens is 318 g/mol. The van der Waals surface area contributed by atoms with Crippen LogP contribution in [0.3, 0.4) is 0 Å². The van der Waals surface area contributed by atoms with Gasteiger partial charge in [-0.15, -0.1) is 0 Å². The molecule has 6 heteroatoms. The van der Waals surface area contributed by atoms with Crippen molar-refractivity contribution in [3.05, 3.63) is 81.4 Å². The van der Waals surface area contributed by atoms with Crippen LogP contribution in [0.4, 0.5) is 0 Å². The molecule has 0 saturated carbocycles. The summed E-state index contributed by atoms with van der Waals surface area (Å²) < 4.78 is 10.7. The van der Waals surface area contributed by atoms with Crippen molar-refractivity contribution in [2.45, 2.75) is 20.5 Å². The Balaban J connectivity index is 2.16. The predicted molar refractivity (Wildman–Crippen MR) is 95.7 cm³/mol. The molecule has 0 radical (unpaired) electrons. The van der Waals surface area contributed by atoms with Crippen LogP contribution in [0.15, 0.2) is 59.3 Å². The van der Waals surface area contributed by atoms with E-state index < -0.39 is 5.97 Å². The van der Waals surface area contributed by atoms with E-state index in [0.717, 1.165) is 22.4 Å². The summed E-state index contributed by atoms with van der Waals surface area (Å²) in [6, 6.07) is 15.4. The average molecular weight is 337 g/mol. The number of hydrogen-bond donors (Lipinski definition) is 0. The first-order valence-electron chi connectivity index (χ1n) is 7.85. The van der Waals surface area contributed by atoms with E-state index in [9.17, 15) is 4.79 Å². The van der Waals surface area contributed by atoms with Gasteiger partial charge in [0, 0.05) is 4.91 Å². The normalized spacial score (nSPS) is 10.7. The van der Waals surface area contributed by atoms with E-state index in [2.05, 4.69) is 10.0 Å². The highest BCUT2D eigenvalue weighted by Crippen LogP contribution is 2.21. The second kappa shape index (κ2) is 9.15. The molecule has 0 unspecified atom stereocenters. The lowest BCUT2D eigenvalue weighted by Gasteiger charge is -2.09. The average Bonchev–Trinajstić information content (AvgIpc) is 2.62. The number of benzene rings is 2. The molecule has 0 amide bonds. The molecule has 0 atom stereocenters. The number of carbonyl (C=O) groups is 1. The first-order valence-corrected chi connectivity index (χ1v) is 7.85. The molecule has 0 spiro atoms. The fourth-order valence-corrected chi connectivity index (χ4v) is 2.17. The number of ether oxygens (including phenoxy) is 2. The predicted octanol–water partition coefficient (Wildman–Crippen LogP) is 4.79. The van der Waals surface area contributed by atoms with Crippen molar-refractivity contribution in [2.75, 3.05) is 6.61 Å². The SMILES string of the molecule is CCOC(=O)/C(=C/c1ccc(OCc2ccccc2)cc1C)N=[N+]=[N-]. The summed E-state index contributed by atoms with van der Waals surface area (Å²) in [4.78, 5) is 14.5. The number of carbonyl (C=O) groups excluding carboxylic acids is 1. The van der Waals surface area contributed by atoms with E-state index in [1.54, 1.807) is 13.0 Å². The number of aryl methyl sites for hydroxylation is 1. The highest BCUT2D eigenvalue weighted by atomic mass is 16.5. The molecule has 0 N–H and O–H groups in total. The van der Waals surface area contributed by atoms with Crippen LogP contribution in [0, 0.1) is 6.92 Å². The Kier molecular flexibility index (Phi) is 6.63. The van der Waals surface area contributed by atoms with Crippen LogP contribution < -0.4 is 4.74 Å². The topological polar surface area (TPSA) is 84.3 Å². The Morgan fingerprint density at radius 1 is 1.24 bits per heavy atom. The zero-order chi connectivity index (χ0) is 18.1. The first-order chi connectivity index (χ1) is 12.1. The van der Waals surface area contributed by atoms with E-state index in [1.165, 1.54) is 6.08 Å². The van der Waals surface area contributed by atoms with Crippen molar-refractivity contribution in [3.8, 4) is 5.75 Å². The minimum Gasteiger partial charge on any atom is -0.489 e. The monoisotopic (exact) mass is 337 g/mol. The molecule has 25 heavy (non-hydrogen) atoms. The highest BCUT2D eigenvalue weighted by Gasteiger charge is 2.10. The lowest BCUT2D eigenvalue weighted by atomic mass is 10.1. The summed E-state index contributed by atoms with van der Waals surface area (Å²) in [5.74, 6) is 0.0732. The minimum absolute atomic E-state index is 0.0783. The van der Waals surface area contributed by atoms with Gasteiger partial charge in [-0.05, 0) is 54.3 Å². The maximum atomic E-state index is 11.8. The van der Waals surface area contributed by atoms with Gasteiger partial charge in [-0.25, -0.2) is 4.79 Å². The summed E-state index contributed by atoms with van der Waals surface area (Å²) in [5, 5.41) is 3.41. The van der Waals surface area contributed by atoms with Gasteiger partial charge in [0.25, 0.3) is 0 Å². The molecule has 0 aliphatic rings. The van der Waals surface area contributed by atoms with Crippen LogP contribution in [-0.4, -0.2) is 12.6 Å². The van der Waals surface area contributed by atoms with Crippen LogP contribution in [0.25, 0.3) is 16.5 Å². The minimum atomic E-state index is -0.649. The number of esters is 1. The summed E-state index contributed by atoms with van der Waals surface area (Å²) in [6.45, 7) is 4.26. The molecule has 2 aromatic carbocycles. The Labute approximate surface area is 146 Å². The van der Waals surface area contributed by atoms with Gasteiger partial charge in [-0.1, -0.05) is 41.5 Å². The molecular formula is C19H19N3O3. The molecule has 2 rings (SSSR count). The van der Waals surface area contributed by atoms with Crippen LogP contribution in [-0.2, 0) is 16.1 Å². The van der Waals surface area contributed by atoms with Gasteiger partial charge in [0.05, 0.1) is 6.61 Å². The summed E-state index contributed by atoms with van der Waals surface area (Å²) in [7, 11) is 0. The lowest BCUT2D eigenvalue weighted by Crippen LogP contribution is -2.05. The van der Waals surface area contributed by atoms with Crippen molar-refractivity contribution in [1.29, 1.82) is 0 Å². The van der Waals surface area contributed by atoms with E-state index in [-0.39, 0.29) is 12.3 Å². The fraction of sp³-hybridized carbons (Fsp3) is 0.211. The van der Waals surface area contributed by atoms with E-state index >= 15 is 0 Å². The van der Waals surface area contributed by atoms with Crippen molar-refractivity contribution in [2.24, 2.45) is 5.11 Å². The maximum absolute atomic E-state index is 11.8. The summed E-state index contributed by atoms with van der Waals surface area (Å²) >= 11 is 0. The molecule has 0 heterocycles. The highest BCUT2D eigenvalue weighted by molar-refractivity contribution is 5.93. The van der Waals surface area contributed by atoms with E-state index in [4.69, 9.17) is 15.0 Å². The zero-order valence-electron chi connectivity index (χ0n) is 14.2. The Morgan fingerprint density at radius 3 is 2.64 bits per heavy atom. The second-order valence-electron chi connectivity index (χ2n) is 5.23. The van der Waals surface area contributed by atoms with E-state index in [1.807, 2.05) is 49.4 Å². The van der Waals surface area contributed by atoms with E-state index in [0.29, 0.717) is 6.61 Å². The molecule has 0 aromatic heterocycles. The molecule has 0 aliphatic carbocycles. The number of hydrogen-bond acceptors (Lipinski definition) is 4. The van der Waals surface area contributed by atoms with Crippen molar-refractivity contribution in [3.63, 3.8) is 0 Å². The van der Waals surface area contributed by atoms with Crippen LogP contribution in [0.2, 0.25) is 0 Å². The maximum Gasteiger partial charge on any atom is 0.340 e. The van der Waals surface area contributed by atoms with Gasteiger partial charge < -0.3 is 9.47 Å². The van der Waals surface area contributed by atoms with Crippen LogP contribution in [0.5, 0.6) is 5.75 Å². The third kappa shape index (κ3) is 5.41. The number of rotatable bonds is 7. The van der Waals surface area contributed by atoms with Crippen molar-refractivity contribution in [1.82, 2.24) is 0 Å². The largest absolute Gasteiger partial charge is 0.489 e. The van der Waals surface area contributed by atoms with Crippen molar-refractivity contribution >= 4 is 12.0 Å². The smallest absolute Gasteiger partial charge is 0.340 e. The quantitative estimate of drug-likeness (QED) is 0.239. The Bertz CT molecular complexity index is 810. The van der Waals surface area contributed by atoms with Crippen LogP contribution in [0.1, 0.15) is 23.6 Å². The van der Waals surface area contributed by atoms with Gasteiger partial charge in [0.1, 0.15) is 18.1 Å². The molecule has 128 valence electrons. The second-order valence-corrected chi connectivity index (χ2v) is 5.23. The number of nitrogens with zero attached hydrogens (tertiary/aromatic N) is 3. The van der Waals surface area contributed by atoms with Gasteiger partial charge >= 0.3 is 5.97 Å². The molecule has 0 fully saturated rings. The van der Waals surface area contributed by atoms with Gasteiger partial charge in [0.2, 0.25) is 0 Å². The fourth-order valence-electron chi connectivity index (χ4n) is 2.17. The zero-order valence-corrected chi connectivity index (χ0v) is 14.2. The van der Waals surface area contributed by atoms with Crippen molar-refractivity contribution < 1.29 is 14.3 Å². The standard InChI is InChI=1S/C19H19N3O3/c1-3-24-19(23)18(21-22-20)12-16-9-10-17(11-14(16)2)25-13-15-7-5-4-6-8-15/h4-12H,3,13H2,1-2H3/b18-12-. The lowest BCUT2D eigenvalue weighted by molar-refractivity contribution is -0.138. The number of azide groups is 1. The van der Waals surface area contributed by atoms with Gasteiger partial charge in [-0.2, -0.15) is 0 Å².